The number of alkyl halides is 1. The van der Waals surface area contributed by atoms with E-state index in [4.69, 9.17) is 0 Å². The van der Waals surface area contributed by atoms with Crippen molar-refractivity contribution in [3.05, 3.63) is 65.5 Å². The summed E-state index contributed by atoms with van der Waals surface area (Å²) >= 11 is 0. The summed E-state index contributed by atoms with van der Waals surface area (Å²) in [5.74, 6) is -0.938. The zero-order chi connectivity index (χ0) is 24.4. The lowest BCUT2D eigenvalue weighted by Crippen LogP contribution is -2.66. The number of para-hydroxylation sites is 1. The van der Waals surface area contributed by atoms with E-state index < -0.39 is 23.6 Å². The number of aromatic nitrogens is 2. The highest BCUT2D eigenvalue weighted by atomic mass is 19.1. The number of carbonyl (C=O) groups is 2. The number of aliphatic carboxylic acids is 1. The molecule has 1 amide bonds. The highest BCUT2D eigenvalue weighted by molar-refractivity contribution is 5.88. The Morgan fingerprint density at radius 1 is 1.23 bits per heavy atom. The van der Waals surface area contributed by atoms with Crippen molar-refractivity contribution in [1.29, 1.82) is 0 Å². The number of carbonyl (C=O) groups excluding carboxylic acids is 1. The van der Waals surface area contributed by atoms with Gasteiger partial charge in [-0.3, -0.25) is 19.5 Å². The molecule has 0 saturated carbocycles. The number of pyridine rings is 2. The molecule has 0 aliphatic carbocycles. The van der Waals surface area contributed by atoms with Crippen molar-refractivity contribution in [3.8, 4) is 0 Å². The molecule has 2 aliphatic rings. The average Bonchev–Trinajstić information content (AvgIpc) is 2.84. The number of halogens is 1. The van der Waals surface area contributed by atoms with Gasteiger partial charge in [0, 0.05) is 49.9 Å². The van der Waals surface area contributed by atoms with Crippen molar-refractivity contribution in [2.45, 2.75) is 37.4 Å². The van der Waals surface area contributed by atoms with Crippen LogP contribution in [0.1, 0.15) is 35.7 Å². The normalized spacial score (nSPS) is 17.6. The van der Waals surface area contributed by atoms with E-state index in [0.717, 1.165) is 41.8 Å². The van der Waals surface area contributed by atoms with E-state index in [2.05, 4.69) is 26.7 Å². The zero-order valence-corrected chi connectivity index (χ0v) is 19.3. The second-order valence-electron chi connectivity index (χ2n) is 9.35. The van der Waals surface area contributed by atoms with Crippen LogP contribution in [0.25, 0.3) is 10.9 Å². The van der Waals surface area contributed by atoms with Crippen molar-refractivity contribution >= 4 is 28.6 Å². The lowest BCUT2D eigenvalue weighted by atomic mass is 9.93. The van der Waals surface area contributed by atoms with Crippen LogP contribution in [0.15, 0.2) is 48.7 Å². The smallest absolute Gasteiger partial charge is 0.305 e. The van der Waals surface area contributed by atoms with Gasteiger partial charge in [0.2, 0.25) is 5.67 Å². The number of hydrogen-bond acceptors (Lipinski definition) is 6. The molecule has 3 N–H and O–H groups in total. The lowest BCUT2D eigenvalue weighted by Gasteiger charge is -2.43. The van der Waals surface area contributed by atoms with Crippen molar-refractivity contribution in [3.63, 3.8) is 0 Å². The first kappa shape index (κ1) is 23.2. The number of amides is 1. The molecule has 1 fully saturated rings. The molecule has 1 aromatic carbocycles. The molecule has 1 unspecified atom stereocenters. The highest BCUT2D eigenvalue weighted by Crippen LogP contribution is 2.29. The first-order valence-electron chi connectivity index (χ1n) is 11.9. The molecule has 1 atom stereocenters. The summed E-state index contributed by atoms with van der Waals surface area (Å²) in [6.07, 6.45) is 3.97. The fourth-order valence-corrected chi connectivity index (χ4v) is 4.74. The molecule has 9 heteroatoms. The summed E-state index contributed by atoms with van der Waals surface area (Å²) < 4.78 is 15.3. The van der Waals surface area contributed by atoms with Gasteiger partial charge < -0.3 is 15.7 Å². The molecule has 3 aromatic rings. The third-order valence-corrected chi connectivity index (χ3v) is 6.69. The van der Waals surface area contributed by atoms with Crippen LogP contribution < -0.4 is 10.6 Å². The molecule has 0 bridgehead atoms. The number of rotatable bonds is 8. The van der Waals surface area contributed by atoms with Crippen LogP contribution in [-0.4, -0.2) is 63.7 Å². The second-order valence-corrected chi connectivity index (χ2v) is 9.35. The maximum absolute atomic E-state index is 15.3. The predicted molar refractivity (Wildman–Crippen MR) is 130 cm³/mol. The number of carboxylic acids is 1. The Balaban J connectivity index is 1.19. The van der Waals surface area contributed by atoms with Crippen LogP contribution in [0, 0.1) is 0 Å². The molecule has 1 saturated heterocycles. The van der Waals surface area contributed by atoms with Crippen molar-refractivity contribution in [2.75, 3.05) is 31.5 Å². The van der Waals surface area contributed by atoms with E-state index in [1.165, 1.54) is 11.8 Å². The molecule has 5 rings (SSSR count). The van der Waals surface area contributed by atoms with Crippen LogP contribution in [0.3, 0.4) is 0 Å². The largest absolute Gasteiger partial charge is 0.481 e. The summed E-state index contributed by atoms with van der Waals surface area (Å²) in [5.41, 5.74) is 1.40. The molecule has 0 radical (unpaired) electrons. The van der Waals surface area contributed by atoms with E-state index in [1.807, 2.05) is 35.2 Å². The van der Waals surface area contributed by atoms with Gasteiger partial charge in [-0.25, -0.2) is 9.37 Å². The Morgan fingerprint density at radius 3 is 2.89 bits per heavy atom. The molecule has 4 heterocycles. The minimum atomic E-state index is -2.05. The number of nitrogens with one attached hydrogen (secondary N) is 2. The van der Waals surface area contributed by atoms with Crippen LogP contribution in [0.4, 0.5) is 10.2 Å². The van der Waals surface area contributed by atoms with Gasteiger partial charge in [0.05, 0.1) is 18.0 Å². The monoisotopic (exact) mass is 477 g/mol. The molecule has 8 nitrogen and oxygen atoms in total. The summed E-state index contributed by atoms with van der Waals surface area (Å²) in [7, 11) is 0. The number of nitrogens with zero attached hydrogens (tertiary/aromatic N) is 3. The fraction of sp³-hybridized carbons (Fsp3) is 0.385. The summed E-state index contributed by atoms with van der Waals surface area (Å²) in [6.45, 7) is 1.46. The Labute approximate surface area is 202 Å². The number of carboxylic acid groups (broad SMARTS) is 1. The minimum absolute atomic E-state index is 0.0300. The summed E-state index contributed by atoms with van der Waals surface area (Å²) in [4.78, 5) is 35.1. The molecule has 2 aliphatic heterocycles. The second kappa shape index (κ2) is 9.58. The van der Waals surface area contributed by atoms with Gasteiger partial charge in [-0.15, -0.1) is 0 Å². The highest BCUT2D eigenvalue weighted by Gasteiger charge is 2.50. The fourth-order valence-electron chi connectivity index (χ4n) is 4.74. The van der Waals surface area contributed by atoms with Crippen LogP contribution >= 0.6 is 0 Å². The third-order valence-electron chi connectivity index (χ3n) is 6.69. The van der Waals surface area contributed by atoms with Gasteiger partial charge in [0.15, 0.2) is 0 Å². The van der Waals surface area contributed by atoms with E-state index >= 15 is 4.39 Å². The van der Waals surface area contributed by atoms with Gasteiger partial charge in [0.25, 0.3) is 5.91 Å². The Bertz CT molecular complexity index is 1260. The number of likely N-dealkylation sites (tertiary alicyclic amines) is 1. The van der Waals surface area contributed by atoms with Crippen LogP contribution in [0.2, 0.25) is 0 Å². The van der Waals surface area contributed by atoms with Crippen LogP contribution in [-0.2, 0) is 22.4 Å². The van der Waals surface area contributed by atoms with Crippen molar-refractivity contribution in [1.82, 2.24) is 20.2 Å². The van der Waals surface area contributed by atoms with E-state index in [-0.39, 0.29) is 19.5 Å². The van der Waals surface area contributed by atoms with Crippen LogP contribution in [0.5, 0.6) is 0 Å². The number of benzene rings is 1. The Hall–Kier alpha value is -3.59. The zero-order valence-electron chi connectivity index (χ0n) is 19.3. The van der Waals surface area contributed by atoms with Gasteiger partial charge in [-0.05, 0) is 42.2 Å². The molecule has 182 valence electrons. The molecule has 2 aromatic heterocycles. The summed E-state index contributed by atoms with van der Waals surface area (Å²) in [5, 5.41) is 16.1. The van der Waals surface area contributed by atoms with Gasteiger partial charge in [-0.1, -0.05) is 24.3 Å². The van der Waals surface area contributed by atoms with Gasteiger partial charge in [0.1, 0.15) is 5.82 Å². The molecule has 35 heavy (non-hydrogen) atoms. The maximum atomic E-state index is 15.3. The maximum Gasteiger partial charge on any atom is 0.305 e. The van der Waals surface area contributed by atoms with Gasteiger partial charge >= 0.3 is 5.97 Å². The Morgan fingerprint density at radius 2 is 2.06 bits per heavy atom. The quantitative estimate of drug-likeness (QED) is 0.458. The molecular formula is C26H28FN5O3. The third kappa shape index (κ3) is 5.09. The van der Waals surface area contributed by atoms with E-state index in [0.29, 0.717) is 18.5 Å². The molecular weight excluding hydrogens is 449 g/mol. The first-order chi connectivity index (χ1) is 16.9. The Kier molecular flexibility index (Phi) is 6.34. The SMILES string of the molecule is O=C(O)CC(NC(=O)C1(F)CN(CCc2ccc3c(n2)NCCC3)C1)c1cnc2ccccc2c1. The standard InChI is InChI=1S/C26H28FN5O3/c27-26(15-32(16-26)11-9-20-8-7-17-5-3-10-28-24(17)30-20)25(35)31-22(13-23(33)34)19-12-18-4-1-2-6-21(18)29-14-19/h1-2,4,6-8,12,14,22H,3,5,9-11,13,15-16H2,(H,28,30)(H,31,35)(H,33,34). The minimum Gasteiger partial charge on any atom is -0.481 e. The number of hydrogen-bond donors (Lipinski definition) is 3. The first-order valence-corrected chi connectivity index (χ1v) is 11.9. The number of fused-ring (bicyclic) bond motifs is 2. The predicted octanol–water partition coefficient (Wildman–Crippen LogP) is 2.89. The van der Waals surface area contributed by atoms with Crippen molar-refractivity contribution < 1.29 is 19.1 Å². The van der Waals surface area contributed by atoms with E-state index in [9.17, 15) is 14.7 Å². The van der Waals surface area contributed by atoms with Gasteiger partial charge in [-0.2, -0.15) is 0 Å². The number of anilines is 1. The van der Waals surface area contributed by atoms with E-state index in [1.54, 1.807) is 6.07 Å². The molecule has 0 spiro atoms. The van der Waals surface area contributed by atoms with Crippen molar-refractivity contribution in [2.24, 2.45) is 0 Å². The topological polar surface area (TPSA) is 107 Å². The number of aryl methyl sites for hydroxylation is 1. The lowest BCUT2D eigenvalue weighted by molar-refractivity contribution is -0.146. The summed E-state index contributed by atoms with van der Waals surface area (Å²) in [6, 6.07) is 12.4. The average molecular weight is 478 g/mol.